The largest absolute Gasteiger partial charge is 0.505 e. The molecule has 0 aromatic rings. The highest BCUT2D eigenvalue weighted by atomic mass is 28.4. The third-order valence-electron chi connectivity index (χ3n) is 7.97. The van der Waals surface area contributed by atoms with Gasteiger partial charge in [0, 0.05) is 20.7 Å². The Bertz CT molecular complexity index is 715. The molecule has 2 saturated heterocycles. The van der Waals surface area contributed by atoms with Gasteiger partial charge in [0.25, 0.3) is 0 Å². The van der Waals surface area contributed by atoms with Crippen LogP contribution in [-0.4, -0.2) is 72.0 Å². The molecular formula is C25H47NO5Si2. The molecule has 1 saturated carbocycles. The van der Waals surface area contributed by atoms with E-state index in [1.807, 2.05) is 11.0 Å². The number of nitrogens with zero attached hydrogens (tertiary/aromatic N) is 1. The van der Waals surface area contributed by atoms with E-state index in [1.165, 1.54) is 0 Å². The van der Waals surface area contributed by atoms with Crippen molar-refractivity contribution in [2.75, 3.05) is 20.3 Å². The standard InChI is InChI=1S/C25H47NO5Si2/c1-25(2,3)33(8,9)31-22-19-17-18(19)20(11-10-14-28-4)26(13-12-21-23(22)30-21)24(27)29-15-16-32(5,6)7/h10,14,18-23H,11-13,15-17H2,1-9H3/t18-,19+,20+,21-,22+,23-/m1/s1. The van der Waals surface area contributed by atoms with Crippen LogP contribution in [0.2, 0.25) is 43.8 Å². The van der Waals surface area contributed by atoms with E-state index in [0.717, 1.165) is 25.3 Å². The Morgan fingerprint density at radius 3 is 2.45 bits per heavy atom. The molecule has 0 aromatic carbocycles. The van der Waals surface area contributed by atoms with Crippen molar-refractivity contribution in [2.45, 2.75) is 108 Å². The lowest BCUT2D eigenvalue weighted by Gasteiger charge is -2.39. The van der Waals surface area contributed by atoms with Gasteiger partial charge in [-0.05, 0) is 61.4 Å². The number of ether oxygens (including phenoxy) is 3. The van der Waals surface area contributed by atoms with Crippen LogP contribution in [-0.2, 0) is 18.6 Å². The molecule has 6 nitrogen and oxygen atoms in total. The lowest BCUT2D eigenvalue weighted by molar-refractivity contribution is 0.0735. The number of rotatable bonds is 8. The molecule has 190 valence electrons. The maximum Gasteiger partial charge on any atom is 0.410 e. The number of methoxy groups -OCH3 is 1. The van der Waals surface area contributed by atoms with Crippen molar-refractivity contribution in [1.82, 2.24) is 4.90 Å². The summed E-state index contributed by atoms with van der Waals surface area (Å²) in [5, 5.41) is 0.160. The maximum absolute atomic E-state index is 13.2. The van der Waals surface area contributed by atoms with Gasteiger partial charge in [-0.15, -0.1) is 0 Å². The molecule has 33 heavy (non-hydrogen) atoms. The van der Waals surface area contributed by atoms with E-state index >= 15 is 0 Å². The molecule has 0 unspecified atom stereocenters. The highest BCUT2D eigenvalue weighted by molar-refractivity contribution is 6.76. The van der Waals surface area contributed by atoms with Crippen LogP contribution in [0.3, 0.4) is 0 Å². The normalized spacial score (nSPS) is 32.3. The molecule has 1 aliphatic carbocycles. The Morgan fingerprint density at radius 1 is 1.15 bits per heavy atom. The van der Waals surface area contributed by atoms with Gasteiger partial charge in [-0.1, -0.05) is 40.4 Å². The van der Waals surface area contributed by atoms with Crippen LogP contribution < -0.4 is 0 Å². The molecule has 0 spiro atoms. The summed E-state index contributed by atoms with van der Waals surface area (Å²) in [4.78, 5) is 15.2. The summed E-state index contributed by atoms with van der Waals surface area (Å²) in [6.07, 6.45) is 6.79. The van der Waals surface area contributed by atoms with E-state index in [1.54, 1.807) is 13.4 Å². The van der Waals surface area contributed by atoms with Crippen LogP contribution >= 0.6 is 0 Å². The highest BCUT2D eigenvalue weighted by Gasteiger charge is 2.60. The van der Waals surface area contributed by atoms with Gasteiger partial charge in [0.05, 0.1) is 32.2 Å². The van der Waals surface area contributed by atoms with Crippen LogP contribution in [0, 0.1) is 11.8 Å². The molecule has 6 atom stereocenters. The molecule has 1 amide bonds. The minimum Gasteiger partial charge on any atom is -0.505 e. The number of fused-ring (bicyclic) bond motifs is 2. The number of hydrogen-bond acceptors (Lipinski definition) is 5. The fourth-order valence-electron chi connectivity index (χ4n) is 4.66. The predicted molar refractivity (Wildman–Crippen MR) is 138 cm³/mol. The Labute approximate surface area is 203 Å². The number of epoxide rings is 1. The summed E-state index contributed by atoms with van der Waals surface area (Å²) in [7, 11) is -1.51. The van der Waals surface area contributed by atoms with Gasteiger partial charge in [-0.3, -0.25) is 0 Å². The zero-order chi connectivity index (χ0) is 24.6. The monoisotopic (exact) mass is 497 g/mol. The first kappa shape index (κ1) is 26.8. The molecule has 3 fully saturated rings. The van der Waals surface area contributed by atoms with Gasteiger partial charge in [0.1, 0.15) is 6.10 Å². The Hall–Kier alpha value is -0.836. The van der Waals surface area contributed by atoms with Crippen molar-refractivity contribution in [1.29, 1.82) is 0 Å². The van der Waals surface area contributed by atoms with Gasteiger partial charge < -0.3 is 23.5 Å². The topological polar surface area (TPSA) is 60.5 Å². The summed E-state index contributed by atoms with van der Waals surface area (Å²) in [5.41, 5.74) is 0. The average molecular weight is 498 g/mol. The first-order valence-electron chi connectivity index (χ1n) is 12.7. The van der Waals surface area contributed by atoms with E-state index in [4.69, 9.17) is 18.6 Å². The number of carbonyl (C=O) groups excluding carboxylic acids is 1. The van der Waals surface area contributed by atoms with Crippen molar-refractivity contribution < 1.29 is 23.4 Å². The van der Waals surface area contributed by atoms with Gasteiger partial charge in [-0.25, -0.2) is 4.79 Å². The van der Waals surface area contributed by atoms with E-state index in [2.05, 4.69) is 53.5 Å². The molecule has 0 aromatic heterocycles. The predicted octanol–water partition coefficient (Wildman–Crippen LogP) is 5.88. The first-order valence-corrected chi connectivity index (χ1v) is 19.3. The Morgan fingerprint density at radius 2 is 1.85 bits per heavy atom. The van der Waals surface area contributed by atoms with Crippen LogP contribution in [0.15, 0.2) is 12.3 Å². The summed E-state index contributed by atoms with van der Waals surface area (Å²) in [5.74, 6) is 0.846. The van der Waals surface area contributed by atoms with Crippen LogP contribution in [0.25, 0.3) is 0 Å². The van der Waals surface area contributed by atoms with Gasteiger partial charge in [-0.2, -0.15) is 0 Å². The van der Waals surface area contributed by atoms with E-state index in [9.17, 15) is 4.79 Å². The molecule has 3 rings (SSSR count). The molecule has 2 heterocycles. The smallest absolute Gasteiger partial charge is 0.410 e. The Balaban J connectivity index is 1.77. The van der Waals surface area contributed by atoms with Gasteiger partial charge in [0.2, 0.25) is 0 Å². The van der Waals surface area contributed by atoms with E-state index in [0.29, 0.717) is 25.0 Å². The van der Waals surface area contributed by atoms with Gasteiger partial charge in [0.15, 0.2) is 8.32 Å². The molecular weight excluding hydrogens is 450 g/mol. The average Bonchev–Trinajstić information content (AvgIpc) is 3.58. The summed E-state index contributed by atoms with van der Waals surface area (Å²) in [6, 6.07) is 1.10. The second-order valence-corrected chi connectivity index (χ2v) is 23.2. The second-order valence-electron chi connectivity index (χ2n) is 12.9. The minimum absolute atomic E-state index is 0.115. The van der Waals surface area contributed by atoms with Crippen molar-refractivity contribution in [2.24, 2.45) is 11.8 Å². The third-order valence-corrected chi connectivity index (χ3v) is 14.1. The van der Waals surface area contributed by atoms with Crippen molar-refractivity contribution in [3.63, 3.8) is 0 Å². The lowest BCUT2D eigenvalue weighted by atomic mass is 10.0. The maximum atomic E-state index is 13.2. The second kappa shape index (κ2) is 10.0. The fourth-order valence-corrected chi connectivity index (χ4v) is 6.72. The van der Waals surface area contributed by atoms with Crippen molar-refractivity contribution in [3.05, 3.63) is 12.3 Å². The van der Waals surface area contributed by atoms with Crippen LogP contribution in [0.5, 0.6) is 0 Å². The highest BCUT2D eigenvalue weighted by Crippen LogP contribution is 2.54. The number of amides is 1. The number of carbonyl (C=O) groups is 1. The SMILES string of the molecule is COC=CC[C@H]1[C@@H]2C[C@@H]2[C@H](O[Si](C)(C)C(C)(C)C)[C@@H]2O[C@@H]2CCN1C(=O)OCC[Si](C)(C)C. The van der Waals surface area contributed by atoms with Gasteiger partial charge >= 0.3 is 6.09 Å². The Kier molecular flexibility index (Phi) is 8.14. The van der Waals surface area contributed by atoms with Crippen molar-refractivity contribution >= 4 is 22.5 Å². The van der Waals surface area contributed by atoms with Crippen molar-refractivity contribution in [3.8, 4) is 0 Å². The zero-order valence-electron chi connectivity index (χ0n) is 22.3. The zero-order valence-corrected chi connectivity index (χ0v) is 24.3. The molecule has 3 aliphatic rings. The molecule has 8 heteroatoms. The fraction of sp³-hybridized carbons (Fsp3) is 0.880. The quantitative estimate of drug-likeness (QED) is 0.238. The molecule has 0 radical (unpaired) electrons. The third kappa shape index (κ3) is 6.86. The van der Waals surface area contributed by atoms with E-state index < -0.39 is 16.4 Å². The number of hydrogen-bond donors (Lipinski definition) is 0. The summed E-state index contributed by atoms with van der Waals surface area (Å²) in [6.45, 7) is 19.6. The summed E-state index contributed by atoms with van der Waals surface area (Å²) >= 11 is 0. The minimum atomic E-state index is -1.92. The molecule has 0 N–H and O–H groups in total. The summed E-state index contributed by atoms with van der Waals surface area (Å²) < 4.78 is 24.1. The lowest BCUT2D eigenvalue weighted by Crippen LogP contribution is -2.47. The molecule has 0 bridgehead atoms. The van der Waals surface area contributed by atoms with Crippen LogP contribution in [0.1, 0.15) is 40.0 Å². The molecule has 2 aliphatic heterocycles. The van der Waals surface area contributed by atoms with E-state index in [-0.39, 0.29) is 35.5 Å². The first-order chi connectivity index (χ1) is 15.2. The van der Waals surface area contributed by atoms with Crippen LogP contribution in [0.4, 0.5) is 4.79 Å².